The highest BCUT2D eigenvalue weighted by molar-refractivity contribution is 5.96. The van der Waals surface area contributed by atoms with Crippen LogP contribution in [0.25, 0.3) is 0 Å². The molecule has 1 fully saturated rings. The summed E-state index contributed by atoms with van der Waals surface area (Å²) in [6.07, 6.45) is 7.84. The van der Waals surface area contributed by atoms with E-state index in [9.17, 15) is 14.7 Å². The van der Waals surface area contributed by atoms with Crippen LogP contribution in [0.5, 0.6) is 0 Å². The van der Waals surface area contributed by atoms with Crippen LogP contribution in [0.3, 0.4) is 0 Å². The minimum absolute atomic E-state index is 0.00727. The summed E-state index contributed by atoms with van der Waals surface area (Å²) in [6, 6.07) is 3.47. The van der Waals surface area contributed by atoms with E-state index in [2.05, 4.69) is 10.3 Å². The number of nitrogens with one attached hydrogen (secondary N) is 1. The normalized spacial score (nSPS) is 31.4. The van der Waals surface area contributed by atoms with Gasteiger partial charge in [0.15, 0.2) is 0 Å². The summed E-state index contributed by atoms with van der Waals surface area (Å²) < 4.78 is 0. The van der Waals surface area contributed by atoms with E-state index in [-0.39, 0.29) is 17.7 Å². The van der Waals surface area contributed by atoms with Crippen LogP contribution in [0.2, 0.25) is 0 Å². The Morgan fingerprint density at radius 2 is 2.00 bits per heavy atom. The maximum atomic E-state index is 12.3. The van der Waals surface area contributed by atoms with Crippen molar-refractivity contribution < 1.29 is 14.7 Å². The van der Waals surface area contributed by atoms with Crippen LogP contribution in [-0.2, 0) is 9.59 Å². The number of allylic oxidation sites excluding steroid dienone is 2. The van der Waals surface area contributed by atoms with E-state index in [4.69, 9.17) is 0 Å². The number of rotatable bonds is 3. The van der Waals surface area contributed by atoms with Gasteiger partial charge in [0, 0.05) is 6.20 Å². The molecule has 0 aliphatic heterocycles. The van der Waals surface area contributed by atoms with Gasteiger partial charge in [0.25, 0.3) is 0 Å². The van der Waals surface area contributed by atoms with Crippen molar-refractivity contribution >= 4 is 17.6 Å². The molecule has 2 N–H and O–H groups in total. The van der Waals surface area contributed by atoms with Gasteiger partial charge in [-0.3, -0.25) is 14.6 Å². The van der Waals surface area contributed by atoms with Crippen molar-refractivity contribution in [3.8, 4) is 0 Å². The largest absolute Gasteiger partial charge is 0.481 e. The molecule has 19 heavy (non-hydrogen) atoms. The van der Waals surface area contributed by atoms with Crippen LogP contribution < -0.4 is 5.32 Å². The molecule has 2 bridgehead atoms. The zero-order chi connectivity index (χ0) is 13.4. The second kappa shape index (κ2) is 4.50. The van der Waals surface area contributed by atoms with E-state index >= 15 is 0 Å². The first kappa shape index (κ1) is 11.9. The minimum Gasteiger partial charge on any atom is -0.481 e. The third kappa shape index (κ3) is 2.01. The zero-order valence-electron chi connectivity index (χ0n) is 10.2. The number of hydrogen-bond acceptors (Lipinski definition) is 3. The average molecular weight is 258 g/mol. The summed E-state index contributed by atoms with van der Waals surface area (Å²) in [6.45, 7) is 0. The Hall–Kier alpha value is -2.17. The molecule has 0 radical (unpaired) electrons. The number of aliphatic carboxylic acids is 1. The molecule has 1 aromatic rings. The standard InChI is InChI=1S/C14H14N2O3/c17-13(16-10-2-1-5-15-7-10)11-8-3-4-9(6-8)12(11)14(18)19/h1-5,7-9,11-12H,6H2,(H,16,17)(H,18,19)/t8-,9+,11?,12?/m1/s1. The first-order chi connectivity index (χ1) is 9.16. The molecule has 5 nitrogen and oxygen atoms in total. The van der Waals surface area contributed by atoms with Gasteiger partial charge in [0.05, 0.1) is 23.7 Å². The Balaban J connectivity index is 1.79. The molecule has 4 atom stereocenters. The molecular weight excluding hydrogens is 244 g/mol. The molecule has 2 aliphatic rings. The summed E-state index contributed by atoms with van der Waals surface area (Å²) in [7, 11) is 0. The van der Waals surface area contributed by atoms with E-state index in [1.807, 2.05) is 12.2 Å². The van der Waals surface area contributed by atoms with Crippen LogP contribution in [0.4, 0.5) is 5.69 Å². The Morgan fingerprint density at radius 3 is 2.63 bits per heavy atom. The maximum Gasteiger partial charge on any atom is 0.307 e. The molecule has 0 aromatic carbocycles. The first-order valence-corrected chi connectivity index (χ1v) is 6.29. The van der Waals surface area contributed by atoms with Crippen molar-refractivity contribution in [3.05, 3.63) is 36.7 Å². The molecule has 2 unspecified atom stereocenters. The zero-order valence-corrected chi connectivity index (χ0v) is 10.2. The lowest BCUT2D eigenvalue weighted by atomic mass is 9.82. The van der Waals surface area contributed by atoms with E-state index in [0.717, 1.165) is 6.42 Å². The molecule has 1 heterocycles. The van der Waals surface area contributed by atoms with E-state index in [1.165, 1.54) is 0 Å². The quantitative estimate of drug-likeness (QED) is 0.806. The van der Waals surface area contributed by atoms with Crippen molar-refractivity contribution in [2.24, 2.45) is 23.7 Å². The van der Waals surface area contributed by atoms with Crippen molar-refractivity contribution in [2.45, 2.75) is 6.42 Å². The summed E-state index contributed by atoms with van der Waals surface area (Å²) in [5, 5.41) is 12.0. The highest BCUT2D eigenvalue weighted by atomic mass is 16.4. The first-order valence-electron chi connectivity index (χ1n) is 6.29. The highest BCUT2D eigenvalue weighted by Crippen LogP contribution is 2.48. The summed E-state index contributed by atoms with van der Waals surface area (Å²) >= 11 is 0. The SMILES string of the molecule is O=C(Nc1cccnc1)C1C(C(=O)O)[C@H]2C=C[C@@H]1C2. The monoisotopic (exact) mass is 258 g/mol. The smallest absolute Gasteiger partial charge is 0.307 e. The van der Waals surface area contributed by atoms with Crippen LogP contribution in [0.15, 0.2) is 36.7 Å². The van der Waals surface area contributed by atoms with Gasteiger partial charge in [-0.15, -0.1) is 0 Å². The predicted octanol–water partition coefficient (Wildman–Crippen LogP) is 1.54. The molecule has 1 amide bonds. The molecule has 1 aromatic heterocycles. The van der Waals surface area contributed by atoms with E-state index < -0.39 is 17.8 Å². The van der Waals surface area contributed by atoms with Crippen LogP contribution in [0.1, 0.15) is 6.42 Å². The number of hydrogen-bond donors (Lipinski definition) is 2. The van der Waals surface area contributed by atoms with E-state index in [1.54, 1.807) is 24.5 Å². The van der Waals surface area contributed by atoms with E-state index in [0.29, 0.717) is 5.69 Å². The van der Waals surface area contributed by atoms with Crippen LogP contribution in [0, 0.1) is 23.7 Å². The highest BCUT2D eigenvalue weighted by Gasteiger charge is 2.51. The van der Waals surface area contributed by atoms with Crippen molar-refractivity contribution in [2.75, 3.05) is 5.32 Å². The van der Waals surface area contributed by atoms with Gasteiger partial charge >= 0.3 is 5.97 Å². The number of carboxylic acids is 1. The number of pyridine rings is 1. The lowest BCUT2D eigenvalue weighted by molar-refractivity contribution is -0.146. The molecule has 2 aliphatic carbocycles. The Labute approximate surface area is 110 Å². The lowest BCUT2D eigenvalue weighted by Crippen LogP contribution is -2.36. The third-order valence-corrected chi connectivity index (χ3v) is 3.98. The number of anilines is 1. The molecule has 3 rings (SSSR count). The van der Waals surface area contributed by atoms with Crippen molar-refractivity contribution in [1.82, 2.24) is 4.98 Å². The number of carbonyl (C=O) groups excluding carboxylic acids is 1. The van der Waals surface area contributed by atoms with Crippen molar-refractivity contribution in [3.63, 3.8) is 0 Å². The molecule has 0 saturated heterocycles. The molecule has 1 saturated carbocycles. The van der Waals surface area contributed by atoms with Gasteiger partial charge in [-0.1, -0.05) is 12.2 Å². The summed E-state index contributed by atoms with van der Waals surface area (Å²) in [5.74, 6) is -2.16. The molecule has 98 valence electrons. The van der Waals surface area contributed by atoms with Gasteiger partial charge in [-0.25, -0.2) is 0 Å². The van der Waals surface area contributed by atoms with Gasteiger partial charge in [0.2, 0.25) is 5.91 Å². The lowest BCUT2D eigenvalue weighted by Gasteiger charge is -2.23. The molecular formula is C14H14N2O3. The van der Waals surface area contributed by atoms with Gasteiger partial charge in [-0.05, 0) is 30.4 Å². The van der Waals surface area contributed by atoms with Crippen molar-refractivity contribution in [1.29, 1.82) is 0 Å². The topological polar surface area (TPSA) is 79.3 Å². The average Bonchev–Trinajstić information content (AvgIpc) is 2.99. The Kier molecular flexibility index (Phi) is 2.81. The van der Waals surface area contributed by atoms with Gasteiger partial charge in [0.1, 0.15) is 0 Å². The second-order valence-corrected chi connectivity index (χ2v) is 5.07. The fraction of sp³-hybridized carbons (Fsp3) is 0.357. The fourth-order valence-electron chi connectivity index (χ4n) is 3.18. The fourth-order valence-corrected chi connectivity index (χ4v) is 3.18. The van der Waals surface area contributed by atoms with Crippen LogP contribution in [-0.4, -0.2) is 22.0 Å². The summed E-state index contributed by atoms with van der Waals surface area (Å²) in [5.41, 5.74) is 0.600. The summed E-state index contributed by atoms with van der Waals surface area (Å²) in [4.78, 5) is 27.5. The number of nitrogens with zero attached hydrogens (tertiary/aromatic N) is 1. The number of carboxylic acid groups (broad SMARTS) is 1. The minimum atomic E-state index is -0.886. The number of aromatic nitrogens is 1. The van der Waals surface area contributed by atoms with Crippen LogP contribution >= 0.6 is 0 Å². The number of amides is 1. The predicted molar refractivity (Wildman–Crippen MR) is 68.2 cm³/mol. The maximum absolute atomic E-state index is 12.3. The Bertz CT molecular complexity index is 541. The second-order valence-electron chi connectivity index (χ2n) is 5.07. The Morgan fingerprint density at radius 1 is 1.26 bits per heavy atom. The number of fused-ring (bicyclic) bond motifs is 2. The molecule has 0 spiro atoms. The van der Waals surface area contributed by atoms with Gasteiger partial charge < -0.3 is 10.4 Å². The molecule has 5 heteroatoms. The van der Waals surface area contributed by atoms with Gasteiger partial charge in [-0.2, -0.15) is 0 Å². The third-order valence-electron chi connectivity index (χ3n) is 3.98. The number of carbonyl (C=O) groups is 2.